The van der Waals surface area contributed by atoms with Crippen LogP contribution in [0.3, 0.4) is 0 Å². The number of pyridine rings is 1. The molecule has 0 radical (unpaired) electrons. The van der Waals surface area contributed by atoms with Crippen molar-refractivity contribution >= 4 is 38.1 Å². The molecular formula is C16H9N3O2. The first kappa shape index (κ1) is 10.7. The monoisotopic (exact) mass is 275 g/mol. The van der Waals surface area contributed by atoms with Gasteiger partial charge in [0.2, 0.25) is 0 Å². The molecule has 1 aromatic carbocycles. The van der Waals surface area contributed by atoms with Crippen molar-refractivity contribution in [3.63, 3.8) is 0 Å². The molecule has 0 unspecified atom stereocenters. The number of hydrogen-bond donors (Lipinski definition) is 2. The highest BCUT2D eigenvalue weighted by atomic mass is 16.1. The maximum absolute atomic E-state index is 12.2. The number of benzene rings is 1. The fourth-order valence-corrected chi connectivity index (χ4v) is 3.31. The van der Waals surface area contributed by atoms with Crippen molar-refractivity contribution in [3.8, 4) is 0 Å². The molecule has 100 valence electrons. The van der Waals surface area contributed by atoms with Gasteiger partial charge in [0, 0.05) is 5.39 Å². The molecule has 2 N–H and O–H groups in total. The summed E-state index contributed by atoms with van der Waals surface area (Å²) >= 11 is 0. The lowest BCUT2D eigenvalue weighted by atomic mass is 10.1. The van der Waals surface area contributed by atoms with Gasteiger partial charge in [-0.3, -0.25) is 19.8 Å². The van der Waals surface area contributed by atoms with Gasteiger partial charge in [-0.25, -0.2) is 0 Å². The molecule has 21 heavy (non-hydrogen) atoms. The smallest absolute Gasteiger partial charge is 0.272 e. The lowest BCUT2D eigenvalue weighted by Gasteiger charge is -2.03. The minimum absolute atomic E-state index is 0.273. The summed E-state index contributed by atoms with van der Waals surface area (Å²) in [4.78, 5) is 24.3. The van der Waals surface area contributed by atoms with Gasteiger partial charge in [0.05, 0.1) is 27.3 Å². The Morgan fingerprint density at radius 2 is 1.43 bits per heavy atom. The first-order chi connectivity index (χ1) is 10.3. The zero-order valence-corrected chi connectivity index (χ0v) is 10.8. The zero-order chi connectivity index (χ0) is 14.1. The summed E-state index contributed by atoms with van der Waals surface area (Å²) in [5.41, 5.74) is 2.00. The van der Waals surface area contributed by atoms with Crippen LogP contribution in [0.25, 0.3) is 38.1 Å². The highest BCUT2D eigenvalue weighted by Crippen LogP contribution is 2.32. The molecule has 0 aliphatic carbocycles. The normalized spacial score (nSPS) is 12.2. The van der Waals surface area contributed by atoms with Crippen molar-refractivity contribution in [2.45, 2.75) is 0 Å². The molecule has 0 fully saturated rings. The third-order valence-corrected chi connectivity index (χ3v) is 4.16. The van der Waals surface area contributed by atoms with Gasteiger partial charge in [-0.1, -0.05) is 24.3 Å². The van der Waals surface area contributed by atoms with Crippen molar-refractivity contribution in [1.82, 2.24) is 14.6 Å². The summed E-state index contributed by atoms with van der Waals surface area (Å²) in [5, 5.41) is 7.87. The average Bonchev–Trinajstić information content (AvgIpc) is 3.06. The van der Waals surface area contributed by atoms with E-state index >= 15 is 0 Å². The highest BCUT2D eigenvalue weighted by Gasteiger charge is 2.18. The molecule has 0 spiro atoms. The van der Waals surface area contributed by atoms with Crippen LogP contribution in [0, 0.1) is 0 Å². The summed E-state index contributed by atoms with van der Waals surface area (Å²) in [7, 11) is 0. The summed E-state index contributed by atoms with van der Waals surface area (Å²) < 4.78 is 1.98. The minimum Gasteiger partial charge on any atom is -0.308 e. The number of aromatic nitrogens is 3. The predicted molar refractivity (Wildman–Crippen MR) is 82.3 cm³/mol. The van der Waals surface area contributed by atoms with Gasteiger partial charge in [-0.15, -0.1) is 0 Å². The van der Waals surface area contributed by atoms with Crippen molar-refractivity contribution in [1.29, 1.82) is 0 Å². The van der Waals surface area contributed by atoms with Gasteiger partial charge in [0.15, 0.2) is 0 Å². The Labute approximate surface area is 116 Å². The van der Waals surface area contributed by atoms with Crippen LogP contribution in [-0.2, 0) is 0 Å². The second kappa shape index (κ2) is 3.32. The SMILES string of the molecule is O=c1[nH][nH]c(=O)c2c1c1ccc3c4ccccc4cc2n31. The minimum atomic E-state index is -0.273. The van der Waals surface area contributed by atoms with Gasteiger partial charge in [0.1, 0.15) is 0 Å². The van der Waals surface area contributed by atoms with Crippen LogP contribution >= 0.6 is 0 Å². The number of rotatable bonds is 0. The summed E-state index contributed by atoms with van der Waals surface area (Å²) in [6.07, 6.45) is 0. The highest BCUT2D eigenvalue weighted by molar-refractivity contribution is 6.14. The third kappa shape index (κ3) is 1.12. The van der Waals surface area contributed by atoms with Crippen LogP contribution in [0.15, 0.2) is 52.1 Å². The summed E-state index contributed by atoms with van der Waals surface area (Å²) in [6, 6.07) is 13.9. The number of nitrogens with one attached hydrogen (secondary N) is 2. The van der Waals surface area contributed by atoms with Crippen LogP contribution in [0.1, 0.15) is 0 Å². The first-order valence-corrected chi connectivity index (χ1v) is 6.64. The van der Waals surface area contributed by atoms with E-state index in [0.717, 1.165) is 27.3 Å². The maximum atomic E-state index is 12.2. The van der Waals surface area contributed by atoms with Gasteiger partial charge in [-0.2, -0.15) is 0 Å². The number of H-pyrrole nitrogens is 2. The van der Waals surface area contributed by atoms with Gasteiger partial charge in [-0.05, 0) is 23.6 Å². The van der Waals surface area contributed by atoms with Crippen molar-refractivity contribution < 1.29 is 0 Å². The average molecular weight is 275 g/mol. The fourth-order valence-electron chi connectivity index (χ4n) is 3.31. The number of hydrogen-bond acceptors (Lipinski definition) is 2. The molecule has 5 heteroatoms. The van der Waals surface area contributed by atoms with Crippen LogP contribution in [0.4, 0.5) is 0 Å². The largest absolute Gasteiger partial charge is 0.308 e. The van der Waals surface area contributed by atoms with E-state index < -0.39 is 0 Å². The van der Waals surface area contributed by atoms with Crippen LogP contribution in [0.2, 0.25) is 0 Å². The quantitative estimate of drug-likeness (QED) is 0.455. The molecule has 5 aromatic rings. The topological polar surface area (TPSA) is 70.1 Å². The Bertz CT molecular complexity index is 1270. The van der Waals surface area contributed by atoms with E-state index in [4.69, 9.17) is 0 Å². The van der Waals surface area contributed by atoms with Gasteiger partial charge < -0.3 is 4.40 Å². The Morgan fingerprint density at radius 1 is 0.762 bits per heavy atom. The van der Waals surface area contributed by atoms with E-state index in [1.165, 1.54) is 0 Å². The fraction of sp³-hybridized carbons (Fsp3) is 0. The molecule has 0 aliphatic heterocycles. The zero-order valence-electron chi connectivity index (χ0n) is 10.8. The van der Waals surface area contributed by atoms with Crippen LogP contribution in [0.5, 0.6) is 0 Å². The van der Waals surface area contributed by atoms with Crippen molar-refractivity contribution in [3.05, 3.63) is 63.2 Å². The Hall–Kier alpha value is -3.08. The molecule has 5 rings (SSSR count). The molecule has 0 saturated carbocycles. The van der Waals surface area contributed by atoms with E-state index in [0.29, 0.717) is 10.8 Å². The maximum Gasteiger partial charge on any atom is 0.272 e. The second-order valence-electron chi connectivity index (χ2n) is 5.21. The number of nitrogens with zero attached hydrogens (tertiary/aromatic N) is 1. The third-order valence-electron chi connectivity index (χ3n) is 4.16. The van der Waals surface area contributed by atoms with E-state index in [-0.39, 0.29) is 11.1 Å². The summed E-state index contributed by atoms with van der Waals surface area (Å²) in [5.74, 6) is 0. The Balaban J connectivity index is 2.30. The molecule has 0 saturated heterocycles. The molecule has 0 atom stereocenters. The molecule has 0 bridgehead atoms. The van der Waals surface area contributed by atoms with E-state index in [1.807, 2.05) is 46.9 Å². The van der Waals surface area contributed by atoms with Crippen molar-refractivity contribution in [2.75, 3.05) is 0 Å². The van der Waals surface area contributed by atoms with E-state index in [2.05, 4.69) is 10.2 Å². The first-order valence-electron chi connectivity index (χ1n) is 6.64. The van der Waals surface area contributed by atoms with Crippen molar-refractivity contribution in [2.24, 2.45) is 0 Å². The molecule has 0 aliphatic rings. The summed E-state index contributed by atoms with van der Waals surface area (Å²) in [6.45, 7) is 0. The number of aromatic amines is 2. The standard InChI is InChI=1S/C16H9N3O2/c20-15-13-11-6-5-10-9-4-2-1-3-8(9)7-12(19(10)11)14(13)16(21)18-17-15/h1-7H,(H,17,20)(H,18,21). The van der Waals surface area contributed by atoms with Crippen LogP contribution < -0.4 is 11.1 Å². The lowest BCUT2D eigenvalue weighted by molar-refractivity contribution is 0.979. The number of fused-ring (bicyclic) bond motifs is 5. The second-order valence-corrected chi connectivity index (χ2v) is 5.21. The lowest BCUT2D eigenvalue weighted by Crippen LogP contribution is -2.17. The molecule has 5 nitrogen and oxygen atoms in total. The van der Waals surface area contributed by atoms with E-state index in [9.17, 15) is 9.59 Å². The van der Waals surface area contributed by atoms with E-state index in [1.54, 1.807) is 0 Å². The Morgan fingerprint density at radius 3 is 2.24 bits per heavy atom. The molecule has 0 amide bonds. The Kier molecular flexibility index (Phi) is 1.69. The molecule has 4 heterocycles. The predicted octanol–water partition coefficient (Wildman–Crippen LogP) is 2.21. The van der Waals surface area contributed by atoms with Crippen LogP contribution in [-0.4, -0.2) is 14.6 Å². The van der Waals surface area contributed by atoms with Gasteiger partial charge in [0.25, 0.3) is 11.1 Å². The van der Waals surface area contributed by atoms with Gasteiger partial charge >= 0.3 is 0 Å². The molecular weight excluding hydrogens is 266 g/mol. The molecule has 4 aromatic heterocycles.